The van der Waals surface area contributed by atoms with Crippen LogP contribution >= 0.6 is 11.3 Å². The van der Waals surface area contributed by atoms with E-state index in [0.29, 0.717) is 60.0 Å². The third kappa shape index (κ3) is 4.57. The zero-order valence-corrected chi connectivity index (χ0v) is 22.4. The van der Waals surface area contributed by atoms with Gasteiger partial charge in [-0.25, -0.2) is 10.4 Å². The van der Waals surface area contributed by atoms with Crippen LogP contribution in [-0.2, 0) is 11.3 Å². The summed E-state index contributed by atoms with van der Waals surface area (Å²) in [5, 5.41) is 18.7. The fourth-order valence-corrected chi connectivity index (χ4v) is 6.17. The molecule has 12 nitrogen and oxygen atoms in total. The fraction of sp³-hybridized carbons (Fsp3) is 0.296. The maximum absolute atomic E-state index is 12.7. The van der Waals surface area contributed by atoms with Crippen LogP contribution in [0.1, 0.15) is 45.3 Å². The number of nitro groups is 1. The molecule has 13 heteroatoms. The first kappa shape index (κ1) is 25.6. The number of imide groups is 1. The van der Waals surface area contributed by atoms with Gasteiger partial charge in [0.15, 0.2) is 5.13 Å². The van der Waals surface area contributed by atoms with Gasteiger partial charge in [-0.15, -0.1) is 11.3 Å². The van der Waals surface area contributed by atoms with E-state index in [9.17, 15) is 24.5 Å². The van der Waals surface area contributed by atoms with Crippen molar-refractivity contribution < 1.29 is 19.3 Å². The Morgan fingerprint density at radius 2 is 1.70 bits per heavy atom. The molecular formula is C27H25N7O5S. The van der Waals surface area contributed by atoms with Crippen molar-refractivity contribution in [3.8, 4) is 0 Å². The monoisotopic (exact) mass is 559 g/mol. The van der Waals surface area contributed by atoms with Gasteiger partial charge < -0.3 is 9.80 Å². The maximum atomic E-state index is 12.7. The molecule has 1 unspecified atom stereocenters. The van der Waals surface area contributed by atoms with Crippen LogP contribution in [0.15, 0.2) is 52.9 Å². The minimum Gasteiger partial charge on any atom is -0.362 e. The molecule has 40 heavy (non-hydrogen) atoms. The number of anilines is 2. The average Bonchev–Trinajstić information content (AvgIpc) is 3.52. The molecule has 0 aliphatic carbocycles. The van der Waals surface area contributed by atoms with E-state index in [2.05, 4.69) is 20.4 Å². The van der Waals surface area contributed by atoms with E-state index in [4.69, 9.17) is 0 Å². The van der Waals surface area contributed by atoms with Gasteiger partial charge in [0.1, 0.15) is 5.69 Å². The maximum Gasteiger partial charge on any atom is 0.293 e. The van der Waals surface area contributed by atoms with Gasteiger partial charge in [0, 0.05) is 55.5 Å². The number of nitrogens with zero attached hydrogens (tertiary/aromatic N) is 6. The molecule has 6 rings (SSSR count). The molecule has 3 aliphatic heterocycles. The van der Waals surface area contributed by atoms with Crippen molar-refractivity contribution in [2.75, 3.05) is 36.0 Å². The first-order valence-electron chi connectivity index (χ1n) is 12.8. The summed E-state index contributed by atoms with van der Waals surface area (Å²) in [6.07, 6.45) is 0.285. The molecule has 204 valence electrons. The summed E-state index contributed by atoms with van der Waals surface area (Å²) < 4.78 is 0. The Kier molecular flexibility index (Phi) is 6.50. The highest BCUT2D eigenvalue weighted by Crippen LogP contribution is 2.33. The van der Waals surface area contributed by atoms with Crippen LogP contribution in [0.4, 0.5) is 16.5 Å². The Bertz CT molecular complexity index is 1540. The van der Waals surface area contributed by atoms with Gasteiger partial charge in [-0.2, -0.15) is 5.10 Å². The lowest BCUT2D eigenvalue weighted by atomic mass is 9.93. The standard InChI is InChI=1S/C27H25N7O5S/c1-16-12-23(35)29-30-24(16)17-6-7-21(22(13-17)34(38)39)31-8-10-32(11-9-31)27-28-18(15-40-27)14-33-25(36)19-4-2-3-5-20(19)26(33)37/h2-7,13,15-16H,8-12,14H2,1H3,(H,29,35). The van der Waals surface area contributed by atoms with Gasteiger partial charge in [0.05, 0.1) is 34.0 Å². The lowest BCUT2D eigenvalue weighted by Crippen LogP contribution is -2.46. The number of thiazole rings is 1. The second-order valence-corrected chi connectivity index (χ2v) is 10.8. The second-order valence-electron chi connectivity index (χ2n) is 9.94. The number of nitro benzene ring substituents is 1. The van der Waals surface area contributed by atoms with E-state index in [1.54, 1.807) is 30.3 Å². The van der Waals surface area contributed by atoms with Crippen LogP contribution in [-0.4, -0.2) is 64.4 Å². The molecule has 0 radical (unpaired) electrons. The second kappa shape index (κ2) is 10.2. The number of aromatic nitrogens is 1. The molecule has 0 spiro atoms. The lowest BCUT2D eigenvalue weighted by molar-refractivity contribution is -0.384. The molecule has 0 saturated carbocycles. The summed E-state index contributed by atoms with van der Waals surface area (Å²) in [5.74, 6) is -0.934. The number of carbonyl (C=O) groups is 3. The zero-order valence-electron chi connectivity index (χ0n) is 21.6. The number of hydrogen-bond acceptors (Lipinski definition) is 10. The Balaban J connectivity index is 1.12. The summed E-state index contributed by atoms with van der Waals surface area (Å²) in [4.78, 5) is 58.6. The van der Waals surface area contributed by atoms with Crippen molar-refractivity contribution in [3.63, 3.8) is 0 Å². The largest absolute Gasteiger partial charge is 0.362 e. The summed E-state index contributed by atoms with van der Waals surface area (Å²) in [7, 11) is 0. The van der Waals surface area contributed by atoms with Crippen LogP contribution in [0, 0.1) is 16.0 Å². The Morgan fingerprint density at radius 1 is 1.02 bits per heavy atom. The predicted molar refractivity (Wildman–Crippen MR) is 149 cm³/mol. The third-order valence-corrected chi connectivity index (χ3v) is 8.31. The summed E-state index contributed by atoms with van der Waals surface area (Å²) in [5.41, 5.74) is 5.70. The molecule has 2 aromatic carbocycles. The van der Waals surface area contributed by atoms with Crippen LogP contribution < -0.4 is 15.2 Å². The first-order valence-corrected chi connectivity index (χ1v) is 13.7. The highest BCUT2D eigenvalue weighted by Gasteiger charge is 2.35. The number of amides is 3. The molecule has 1 saturated heterocycles. The quantitative estimate of drug-likeness (QED) is 0.276. The van der Waals surface area contributed by atoms with Crippen LogP contribution in [0.25, 0.3) is 0 Å². The Morgan fingerprint density at radius 3 is 2.35 bits per heavy atom. The number of benzene rings is 2. The van der Waals surface area contributed by atoms with Gasteiger partial charge in [-0.3, -0.25) is 29.4 Å². The van der Waals surface area contributed by atoms with Crippen molar-refractivity contribution in [2.24, 2.45) is 11.0 Å². The number of carbonyl (C=O) groups excluding carboxylic acids is 3. The number of hydrazone groups is 1. The number of fused-ring (bicyclic) bond motifs is 1. The molecule has 3 aliphatic rings. The normalized spacial score (nSPS) is 19.0. The van der Waals surface area contributed by atoms with Gasteiger partial charge >= 0.3 is 0 Å². The predicted octanol–water partition coefficient (Wildman–Crippen LogP) is 3.03. The molecule has 3 aromatic rings. The zero-order chi connectivity index (χ0) is 28.0. The number of piperazine rings is 1. The molecular weight excluding hydrogens is 534 g/mol. The first-order chi connectivity index (χ1) is 19.3. The Hall–Kier alpha value is -4.65. The van der Waals surface area contributed by atoms with Crippen molar-refractivity contribution in [3.05, 3.63) is 80.3 Å². The summed E-state index contributed by atoms with van der Waals surface area (Å²) in [6, 6.07) is 11.9. The topological polar surface area (TPSA) is 141 Å². The summed E-state index contributed by atoms with van der Waals surface area (Å²) >= 11 is 1.44. The van der Waals surface area contributed by atoms with Gasteiger partial charge in [-0.1, -0.05) is 25.1 Å². The lowest BCUT2D eigenvalue weighted by Gasteiger charge is -2.35. The molecule has 1 N–H and O–H groups in total. The minimum atomic E-state index is -0.385. The molecule has 3 amide bonds. The summed E-state index contributed by atoms with van der Waals surface area (Å²) in [6.45, 7) is 4.31. The number of nitrogens with one attached hydrogen (secondary N) is 1. The molecule has 4 heterocycles. The molecule has 1 aromatic heterocycles. The van der Waals surface area contributed by atoms with Crippen molar-refractivity contribution in [1.29, 1.82) is 0 Å². The van der Waals surface area contributed by atoms with E-state index < -0.39 is 0 Å². The van der Waals surface area contributed by atoms with Gasteiger partial charge in [0.25, 0.3) is 17.5 Å². The smallest absolute Gasteiger partial charge is 0.293 e. The van der Waals surface area contributed by atoms with Crippen LogP contribution in [0.5, 0.6) is 0 Å². The molecule has 1 atom stereocenters. The highest BCUT2D eigenvalue weighted by atomic mass is 32.1. The SMILES string of the molecule is CC1CC(=O)NN=C1c1ccc(N2CCN(c3nc(CN4C(=O)c5ccccc5C4=O)cs3)CC2)c([N+](=O)[O-])c1. The minimum absolute atomic E-state index is 0.00442. The highest BCUT2D eigenvalue weighted by molar-refractivity contribution is 7.13. The van der Waals surface area contributed by atoms with Crippen molar-refractivity contribution in [1.82, 2.24) is 15.3 Å². The van der Waals surface area contributed by atoms with E-state index >= 15 is 0 Å². The fourth-order valence-electron chi connectivity index (χ4n) is 5.30. The van der Waals surface area contributed by atoms with Crippen LogP contribution in [0.3, 0.4) is 0 Å². The third-order valence-electron chi connectivity index (χ3n) is 7.36. The average molecular weight is 560 g/mol. The van der Waals surface area contributed by atoms with E-state index in [1.165, 1.54) is 22.3 Å². The van der Waals surface area contributed by atoms with Crippen molar-refractivity contribution >= 4 is 51.3 Å². The van der Waals surface area contributed by atoms with E-state index in [0.717, 1.165) is 5.13 Å². The van der Waals surface area contributed by atoms with Crippen molar-refractivity contribution in [2.45, 2.75) is 19.9 Å². The number of rotatable bonds is 6. The van der Waals surface area contributed by atoms with E-state index in [-0.39, 0.29) is 47.2 Å². The van der Waals surface area contributed by atoms with E-state index in [1.807, 2.05) is 23.3 Å². The van der Waals surface area contributed by atoms with Gasteiger partial charge in [-0.05, 0) is 18.2 Å². The van der Waals surface area contributed by atoms with Crippen LogP contribution in [0.2, 0.25) is 0 Å². The number of hydrogen-bond donors (Lipinski definition) is 1. The molecule has 1 fully saturated rings. The molecule has 0 bridgehead atoms. The van der Waals surface area contributed by atoms with Gasteiger partial charge in [0.2, 0.25) is 5.91 Å². The Labute approximate surface area is 233 Å².